The standard InChI is InChI=1S/C10H17N3O2/c1-2-13-9(14)7-5-12(4-3-11)6-8(7)10(13)15/h7-8H,2-6,11H2,1H3/t7-,8-/m0/s1. The van der Waals surface area contributed by atoms with E-state index in [-0.39, 0.29) is 23.7 Å². The molecule has 84 valence electrons. The van der Waals surface area contributed by atoms with E-state index in [0.717, 1.165) is 6.54 Å². The third-order valence-corrected chi connectivity index (χ3v) is 3.32. The summed E-state index contributed by atoms with van der Waals surface area (Å²) in [5.74, 6) is -0.202. The van der Waals surface area contributed by atoms with Crippen molar-refractivity contribution in [2.75, 3.05) is 32.7 Å². The molecule has 2 amide bonds. The van der Waals surface area contributed by atoms with E-state index in [2.05, 4.69) is 4.90 Å². The lowest BCUT2D eigenvalue weighted by molar-refractivity contribution is -0.140. The van der Waals surface area contributed by atoms with E-state index in [1.54, 1.807) is 0 Å². The molecule has 0 aromatic carbocycles. The molecule has 0 radical (unpaired) electrons. The van der Waals surface area contributed by atoms with Crippen LogP contribution in [0.3, 0.4) is 0 Å². The molecule has 0 aromatic rings. The summed E-state index contributed by atoms with van der Waals surface area (Å²) in [6.45, 7) is 5.10. The summed E-state index contributed by atoms with van der Waals surface area (Å²) in [7, 11) is 0. The van der Waals surface area contributed by atoms with Crippen molar-refractivity contribution in [3.63, 3.8) is 0 Å². The van der Waals surface area contributed by atoms with Gasteiger partial charge in [0.15, 0.2) is 0 Å². The lowest BCUT2D eigenvalue weighted by atomic mass is 10.00. The number of carbonyl (C=O) groups is 2. The normalized spacial score (nSPS) is 31.5. The second-order valence-corrected chi connectivity index (χ2v) is 4.18. The van der Waals surface area contributed by atoms with E-state index < -0.39 is 0 Å². The fraction of sp³-hybridized carbons (Fsp3) is 0.800. The highest BCUT2D eigenvalue weighted by molar-refractivity contribution is 6.05. The highest BCUT2D eigenvalue weighted by atomic mass is 16.2. The number of carbonyl (C=O) groups excluding carboxylic acids is 2. The van der Waals surface area contributed by atoms with Crippen LogP contribution in [-0.4, -0.2) is 54.3 Å². The number of imide groups is 1. The Morgan fingerprint density at radius 1 is 1.27 bits per heavy atom. The van der Waals surface area contributed by atoms with Crippen LogP contribution in [0.4, 0.5) is 0 Å². The average Bonchev–Trinajstić information content (AvgIpc) is 2.70. The monoisotopic (exact) mass is 211 g/mol. The average molecular weight is 211 g/mol. The largest absolute Gasteiger partial charge is 0.329 e. The highest BCUT2D eigenvalue weighted by Gasteiger charge is 2.51. The Bertz CT molecular complexity index is 268. The van der Waals surface area contributed by atoms with E-state index in [1.165, 1.54) is 4.90 Å². The first-order chi connectivity index (χ1) is 7.19. The summed E-state index contributed by atoms with van der Waals surface area (Å²) in [6.07, 6.45) is 0. The third kappa shape index (κ3) is 1.55. The third-order valence-electron chi connectivity index (χ3n) is 3.32. The molecule has 15 heavy (non-hydrogen) atoms. The lowest BCUT2D eigenvalue weighted by Gasteiger charge is -2.18. The number of hydrogen-bond acceptors (Lipinski definition) is 4. The first kappa shape index (κ1) is 10.6. The van der Waals surface area contributed by atoms with Crippen LogP contribution in [0.5, 0.6) is 0 Å². The molecule has 2 rings (SSSR count). The molecule has 0 saturated carbocycles. The Morgan fingerprint density at radius 2 is 1.80 bits per heavy atom. The zero-order chi connectivity index (χ0) is 11.0. The molecule has 2 aliphatic rings. The second-order valence-electron chi connectivity index (χ2n) is 4.18. The van der Waals surface area contributed by atoms with Crippen molar-refractivity contribution >= 4 is 11.8 Å². The van der Waals surface area contributed by atoms with E-state index in [9.17, 15) is 9.59 Å². The van der Waals surface area contributed by atoms with Gasteiger partial charge in [-0.25, -0.2) is 0 Å². The van der Waals surface area contributed by atoms with Crippen molar-refractivity contribution in [3.05, 3.63) is 0 Å². The van der Waals surface area contributed by atoms with Crippen molar-refractivity contribution in [2.24, 2.45) is 17.6 Å². The Kier molecular flexibility index (Phi) is 2.75. The topological polar surface area (TPSA) is 66.6 Å². The Hall–Kier alpha value is -0.940. The van der Waals surface area contributed by atoms with Gasteiger partial charge in [0.25, 0.3) is 0 Å². The minimum atomic E-state index is -0.107. The summed E-state index contributed by atoms with van der Waals surface area (Å²) in [6, 6.07) is 0. The maximum absolute atomic E-state index is 11.8. The molecule has 5 nitrogen and oxygen atoms in total. The Balaban J connectivity index is 2.08. The van der Waals surface area contributed by atoms with Crippen molar-refractivity contribution in [1.29, 1.82) is 0 Å². The number of rotatable bonds is 3. The van der Waals surface area contributed by atoms with Gasteiger partial charge >= 0.3 is 0 Å². The quantitative estimate of drug-likeness (QED) is 0.601. The molecule has 5 heteroatoms. The summed E-state index contributed by atoms with van der Waals surface area (Å²) < 4.78 is 0. The maximum atomic E-state index is 11.8. The zero-order valence-electron chi connectivity index (χ0n) is 8.98. The second kappa shape index (κ2) is 3.90. The summed E-state index contributed by atoms with van der Waals surface area (Å²) >= 11 is 0. The van der Waals surface area contributed by atoms with Crippen LogP contribution < -0.4 is 5.73 Å². The number of likely N-dealkylation sites (tertiary alicyclic amines) is 2. The molecule has 2 heterocycles. The van der Waals surface area contributed by atoms with E-state index in [0.29, 0.717) is 26.2 Å². The lowest BCUT2D eigenvalue weighted by Crippen LogP contribution is -2.37. The van der Waals surface area contributed by atoms with Gasteiger partial charge in [0.05, 0.1) is 11.8 Å². The molecule has 2 fully saturated rings. The minimum Gasteiger partial charge on any atom is -0.329 e. The molecule has 0 aliphatic carbocycles. The number of nitrogens with zero attached hydrogens (tertiary/aromatic N) is 2. The number of amides is 2. The van der Waals surface area contributed by atoms with E-state index >= 15 is 0 Å². The smallest absolute Gasteiger partial charge is 0.234 e. The van der Waals surface area contributed by atoms with Crippen LogP contribution in [0.2, 0.25) is 0 Å². The molecular weight excluding hydrogens is 194 g/mol. The predicted octanol–water partition coefficient (Wildman–Crippen LogP) is -1.12. The summed E-state index contributed by atoms with van der Waals surface area (Å²) in [4.78, 5) is 27.1. The maximum Gasteiger partial charge on any atom is 0.234 e. The highest BCUT2D eigenvalue weighted by Crippen LogP contribution is 2.32. The van der Waals surface area contributed by atoms with Gasteiger partial charge in [-0.3, -0.25) is 14.5 Å². The zero-order valence-corrected chi connectivity index (χ0v) is 8.98. The van der Waals surface area contributed by atoms with Gasteiger partial charge < -0.3 is 10.6 Å². The number of nitrogens with two attached hydrogens (primary N) is 1. The summed E-state index contributed by atoms with van der Waals surface area (Å²) in [5, 5.41) is 0. The predicted molar refractivity (Wildman–Crippen MR) is 54.9 cm³/mol. The SMILES string of the molecule is CCN1C(=O)[C@H]2CN(CCN)C[C@@H]2C1=O. The van der Waals surface area contributed by atoms with Gasteiger partial charge in [0, 0.05) is 32.7 Å². The van der Waals surface area contributed by atoms with Gasteiger partial charge in [-0.15, -0.1) is 0 Å². The van der Waals surface area contributed by atoms with Gasteiger partial charge in [0.2, 0.25) is 11.8 Å². The van der Waals surface area contributed by atoms with E-state index in [1.807, 2.05) is 6.92 Å². The van der Waals surface area contributed by atoms with Gasteiger partial charge in [-0.05, 0) is 6.92 Å². The van der Waals surface area contributed by atoms with Crippen LogP contribution >= 0.6 is 0 Å². The molecule has 2 saturated heterocycles. The molecule has 2 N–H and O–H groups in total. The molecule has 2 atom stereocenters. The van der Waals surface area contributed by atoms with Gasteiger partial charge in [-0.2, -0.15) is 0 Å². The molecule has 0 aromatic heterocycles. The first-order valence-electron chi connectivity index (χ1n) is 5.46. The van der Waals surface area contributed by atoms with E-state index in [4.69, 9.17) is 5.73 Å². The summed E-state index contributed by atoms with van der Waals surface area (Å²) in [5.41, 5.74) is 5.46. The molecule has 2 aliphatic heterocycles. The molecule has 0 unspecified atom stereocenters. The number of hydrogen-bond donors (Lipinski definition) is 1. The first-order valence-corrected chi connectivity index (χ1v) is 5.46. The van der Waals surface area contributed by atoms with Crippen LogP contribution in [0, 0.1) is 11.8 Å². The minimum absolute atomic E-state index is 0.00650. The Labute approximate surface area is 89.2 Å². The molecule has 0 bridgehead atoms. The van der Waals surface area contributed by atoms with Crippen LogP contribution in [0.1, 0.15) is 6.92 Å². The van der Waals surface area contributed by atoms with Crippen LogP contribution in [0.25, 0.3) is 0 Å². The van der Waals surface area contributed by atoms with Crippen molar-refractivity contribution in [3.8, 4) is 0 Å². The fourth-order valence-electron chi connectivity index (χ4n) is 2.57. The van der Waals surface area contributed by atoms with Crippen LogP contribution in [-0.2, 0) is 9.59 Å². The molecular formula is C10H17N3O2. The molecule has 0 spiro atoms. The fourth-order valence-corrected chi connectivity index (χ4v) is 2.57. The number of fused-ring (bicyclic) bond motifs is 1. The van der Waals surface area contributed by atoms with Crippen molar-refractivity contribution in [2.45, 2.75) is 6.92 Å². The Morgan fingerprint density at radius 3 is 2.20 bits per heavy atom. The van der Waals surface area contributed by atoms with Crippen molar-refractivity contribution < 1.29 is 9.59 Å². The van der Waals surface area contributed by atoms with Gasteiger partial charge in [0.1, 0.15) is 0 Å². The van der Waals surface area contributed by atoms with Crippen LogP contribution in [0.15, 0.2) is 0 Å². The van der Waals surface area contributed by atoms with Gasteiger partial charge in [-0.1, -0.05) is 0 Å². The van der Waals surface area contributed by atoms with Crippen molar-refractivity contribution in [1.82, 2.24) is 9.80 Å².